The molecule has 0 saturated carbocycles. The van der Waals surface area contributed by atoms with Crippen LogP contribution in [0.2, 0.25) is 0 Å². The average molecular weight is 204 g/mol. The first kappa shape index (κ1) is 10.7. The predicted molar refractivity (Wildman–Crippen MR) is 62.9 cm³/mol. The van der Waals surface area contributed by atoms with E-state index in [1.807, 2.05) is 0 Å². The van der Waals surface area contributed by atoms with E-state index in [0.717, 1.165) is 6.42 Å². The van der Waals surface area contributed by atoms with E-state index in [4.69, 9.17) is 0 Å². The molecular weight excluding hydrogens is 184 g/mol. The summed E-state index contributed by atoms with van der Waals surface area (Å²) in [5, 5.41) is 9.18. The zero-order valence-electron chi connectivity index (χ0n) is 9.66. The van der Waals surface area contributed by atoms with Crippen LogP contribution in [0.3, 0.4) is 0 Å². The van der Waals surface area contributed by atoms with Gasteiger partial charge >= 0.3 is 0 Å². The number of hydrogen-bond acceptors (Lipinski definition) is 1. The quantitative estimate of drug-likeness (QED) is 0.785. The lowest BCUT2D eigenvalue weighted by molar-refractivity contribution is 0.178. The van der Waals surface area contributed by atoms with Gasteiger partial charge in [0.25, 0.3) is 0 Å². The maximum absolute atomic E-state index is 9.18. The molecule has 2 atom stereocenters. The summed E-state index contributed by atoms with van der Waals surface area (Å²) in [7, 11) is 0. The van der Waals surface area contributed by atoms with Crippen LogP contribution in [-0.4, -0.2) is 11.7 Å². The Balaban J connectivity index is 2.16. The first-order chi connectivity index (χ1) is 7.20. The molecule has 0 spiro atoms. The zero-order chi connectivity index (χ0) is 10.8. The number of aryl methyl sites for hydroxylation is 2. The summed E-state index contributed by atoms with van der Waals surface area (Å²) in [6.07, 6.45) is 3.57. The van der Waals surface area contributed by atoms with Crippen molar-refractivity contribution in [2.45, 2.75) is 33.1 Å². The molecule has 1 N–H and O–H groups in total. The Morgan fingerprint density at radius 3 is 2.93 bits per heavy atom. The van der Waals surface area contributed by atoms with Gasteiger partial charge in [0.05, 0.1) is 0 Å². The number of aliphatic hydroxyl groups is 1. The number of aliphatic hydroxyl groups excluding tert-OH is 1. The summed E-state index contributed by atoms with van der Waals surface area (Å²) < 4.78 is 0. The first-order valence-corrected chi connectivity index (χ1v) is 5.90. The number of benzene rings is 1. The molecule has 0 radical (unpaired) electrons. The van der Waals surface area contributed by atoms with Crippen molar-refractivity contribution in [3.05, 3.63) is 34.9 Å². The summed E-state index contributed by atoms with van der Waals surface area (Å²) in [5.41, 5.74) is 4.39. The van der Waals surface area contributed by atoms with Gasteiger partial charge in [0.15, 0.2) is 0 Å². The molecule has 2 unspecified atom stereocenters. The maximum Gasteiger partial charge on any atom is 0.0459 e. The zero-order valence-corrected chi connectivity index (χ0v) is 9.66. The van der Waals surface area contributed by atoms with E-state index in [1.165, 1.54) is 29.5 Å². The van der Waals surface area contributed by atoms with E-state index in [0.29, 0.717) is 18.4 Å². The third kappa shape index (κ3) is 2.23. The van der Waals surface area contributed by atoms with Crippen LogP contribution in [0.15, 0.2) is 18.2 Å². The van der Waals surface area contributed by atoms with Crippen molar-refractivity contribution >= 4 is 0 Å². The topological polar surface area (TPSA) is 20.2 Å². The second kappa shape index (κ2) is 4.36. The number of hydrogen-bond donors (Lipinski definition) is 1. The highest BCUT2D eigenvalue weighted by molar-refractivity contribution is 5.33. The van der Waals surface area contributed by atoms with Crippen LogP contribution in [0.25, 0.3) is 0 Å². The molecular formula is C14H20O. The average Bonchev–Trinajstić information content (AvgIpc) is 2.27. The predicted octanol–water partition coefficient (Wildman–Crippen LogP) is 2.73. The largest absolute Gasteiger partial charge is 0.396 e. The van der Waals surface area contributed by atoms with E-state index < -0.39 is 0 Å². The minimum absolute atomic E-state index is 0.325. The van der Waals surface area contributed by atoms with Crippen molar-refractivity contribution in [1.29, 1.82) is 0 Å². The van der Waals surface area contributed by atoms with Gasteiger partial charge in [0, 0.05) is 6.61 Å². The second-order valence-corrected chi connectivity index (χ2v) is 4.93. The lowest BCUT2D eigenvalue weighted by Gasteiger charge is -2.28. The van der Waals surface area contributed by atoms with Gasteiger partial charge in [-0.25, -0.2) is 0 Å². The Kier molecular flexibility index (Phi) is 3.11. The van der Waals surface area contributed by atoms with Crippen LogP contribution in [0.1, 0.15) is 30.0 Å². The lowest BCUT2D eigenvalue weighted by atomic mass is 9.77. The molecule has 0 heterocycles. The van der Waals surface area contributed by atoms with Crippen molar-refractivity contribution in [1.82, 2.24) is 0 Å². The van der Waals surface area contributed by atoms with Gasteiger partial charge in [-0.1, -0.05) is 30.7 Å². The molecule has 0 amide bonds. The summed E-state index contributed by atoms with van der Waals surface area (Å²) in [5.74, 6) is 1.12. The first-order valence-electron chi connectivity index (χ1n) is 5.90. The summed E-state index contributed by atoms with van der Waals surface area (Å²) >= 11 is 0. The van der Waals surface area contributed by atoms with Gasteiger partial charge < -0.3 is 5.11 Å². The Hall–Kier alpha value is -0.820. The van der Waals surface area contributed by atoms with Crippen molar-refractivity contribution in [3.8, 4) is 0 Å². The van der Waals surface area contributed by atoms with Gasteiger partial charge in [-0.15, -0.1) is 0 Å². The minimum atomic E-state index is 0.325. The smallest absolute Gasteiger partial charge is 0.0459 e. The Labute approximate surface area is 92.1 Å². The standard InChI is InChI=1S/C14H20O/c1-10-3-4-14-8-12(11(2)9-15)5-6-13(14)7-10/h3-4,7,11-12,15H,5-6,8-9H2,1-2H3. The van der Waals surface area contributed by atoms with E-state index in [-0.39, 0.29) is 0 Å². The van der Waals surface area contributed by atoms with E-state index in [2.05, 4.69) is 32.0 Å². The third-order valence-corrected chi connectivity index (χ3v) is 3.72. The fraction of sp³-hybridized carbons (Fsp3) is 0.571. The van der Waals surface area contributed by atoms with Crippen LogP contribution in [0.5, 0.6) is 0 Å². The molecule has 15 heavy (non-hydrogen) atoms. The van der Waals surface area contributed by atoms with Crippen LogP contribution in [0.4, 0.5) is 0 Å². The van der Waals surface area contributed by atoms with Crippen molar-refractivity contribution in [2.75, 3.05) is 6.61 Å². The fourth-order valence-corrected chi connectivity index (χ4v) is 2.55. The Morgan fingerprint density at radius 2 is 2.20 bits per heavy atom. The molecule has 1 aliphatic rings. The third-order valence-electron chi connectivity index (χ3n) is 3.72. The lowest BCUT2D eigenvalue weighted by Crippen LogP contribution is -2.23. The SMILES string of the molecule is Cc1ccc2c(c1)CCC(C(C)CO)C2. The molecule has 0 aromatic heterocycles. The molecule has 1 heteroatoms. The second-order valence-electron chi connectivity index (χ2n) is 4.93. The monoisotopic (exact) mass is 204 g/mol. The van der Waals surface area contributed by atoms with Gasteiger partial charge in [0.1, 0.15) is 0 Å². The molecule has 82 valence electrons. The molecule has 1 aromatic carbocycles. The molecule has 1 aromatic rings. The number of fused-ring (bicyclic) bond motifs is 1. The molecule has 0 aliphatic heterocycles. The van der Waals surface area contributed by atoms with Gasteiger partial charge in [-0.3, -0.25) is 0 Å². The van der Waals surface area contributed by atoms with Gasteiger partial charge in [-0.2, -0.15) is 0 Å². The van der Waals surface area contributed by atoms with Crippen molar-refractivity contribution in [2.24, 2.45) is 11.8 Å². The van der Waals surface area contributed by atoms with E-state index in [1.54, 1.807) is 0 Å². The maximum atomic E-state index is 9.18. The van der Waals surface area contributed by atoms with Crippen molar-refractivity contribution < 1.29 is 5.11 Å². The van der Waals surface area contributed by atoms with Crippen molar-refractivity contribution in [3.63, 3.8) is 0 Å². The normalized spacial score (nSPS) is 22.2. The van der Waals surface area contributed by atoms with E-state index in [9.17, 15) is 5.11 Å². The molecule has 0 bridgehead atoms. The minimum Gasteiger partial charge on any atom is -0.396 e. The molecule has 0 fully saturated rings. The molecule has 1 aliphatic carbocycles. The molecule has 1 nitrogen and oxygen atoms in total. The van der Waals surface area contributed by atoms with Crippen LogP contribution in [0, 0.1) is 18.8 Å². The van der Waals surface area contributed by atoms with Crippen LogP contribution < -0.4 is 0 Å². The van der Waals surface area contributed by atoms with Crippen LogP contribution >= 0.6 is 0 Å². The highest BCUT2D eigenvalue weighted by Gasteiger charge is 2.22. The molecule has 2 rings (SSSR count). The highest BCUT2D eigenvalue weighted by atomic mass is 16.3. The molecule has 0 saturated heterocycles. The van der Waals surface area contributed by atoms with E-state index >= 15 is 0 Å². The Morgan fingerprint density at radius 1 is 1.40 bits per heavy atom. The van der Waals surface area contributed by atoms with Gasteiger partial charge in [0.2, 0.25) is 0 Å². The summed E-state index contributed by atoms with van der Waals surface area (Å²) in [4.78, 5) is 0. The summed E-state index contributed by atoms with van der Waals surface area (Å²) in [6.45, 7) is 4.64. The summed E-state index contributed by atoms with van der Waals surface area (Å²) in [6, 6.07) is 6.78. The Bertz CT molecular complexity index is 343. The fourth-order valence-electron chi connectivity index (χ4n) is 2.55. The number of rotatable bonds is 2. The highest BCUT2D eigenvalue weighted by Crippen LogP contribution is 2.30. The van der Waals surface area contributed by atoms with Crippen LogP contribution in [-0.2, 0) is 12.8 Å². The van der Waals surface area contributed by atoms with Gasteiger partial charge in [-0.05, 0) is 49.1 Å².